The number of carbonyl (C=O) groups excluding carboxylic acids is 2. The SMILES string of the molecule is CC(=O)C1(C(N)=O)CCC2C(=Nc3cccc(-c4c(F)cccc4F)c32)C1. The van der Waals surface area contributed by atoms with Crippen molar-refractivity contribution in [3.63, 3.8) is 0 Å². The first-order valence-corrected chi connectivity index (χ1v) is 8.81. The zero-order valence-electron chi connectivity index (χ0n) is 14.8. The molecule has 6 heteroatoms. The predicted molar refractivity (Wildman–Crippen MR) is 97.8 cm³/mol. The number of fused-ring (bicyclic) bond motifs is 3. The molecule has 1 fully saturated rings. The maximum Gasteiger partial charge on any atom is 0.231 e. The van der Waals surface area contributed by atoms with Gasteiger partial charge in [-0.25, -0.2) is 8.78 Å². The number of hydrogen-bond acceptors (Lipinski definition) is 3. The molecule has 2 aromatic rings. The summed E-state index contributed by atoms with van der Waals surface area (Å²) in [4.78, 5) is 28.7. The quantitative estimate of drug-likeness (QED) is 0.830. The summed E-state index contributed by atoms with van der Waals surface area (Å²) in [6, 6.07) is 8.94. The third kappa shape index (κ3) is 2.51. The van der Waals surface area contributed by atoms with Crippen molar-refractivity contribution >= 4 is 23.1 Å². The second-order valence-electron chi connectivity index (χ2n) is 7.21. The van der Waals surface area contributed by atoms with Crippen LogP contribution < -0.4 is 5.73 Å². The Balaban J connectivity index is 1.82. The van der Waals surface area contributed by atoms with Gasteiger partial charge in [-0.2, -0.15) is 0 Å². The summed E-state index contributed by atoms with van der Waals surface area (Å²) < 4.78 is 28.8. The lowest BCUT2D eigenvalue weighted by Gasteiger charge is -2.35. The van der Waals surface area contributed by atoms with Gasteiger partial charge in [0.05, 0.1) is 11.3 Å². The van der Waals surface area contributed by atoms with Crippen LogP contribution in [0.1, 0.15) is 37.7 Å². The van der Waals surface area contributed by atoms with E-state index in [9.17, 15) is 18.4 Å². The van der Waals surface area contributed by atoms with Crippen LogP contribution in [0.25, 0.3) is 11.1 Å². The minimum absolute atomic E-state index is 0.0795. The van der Waals surface area contributed by atoms with E-state index in [0.29, 0.717) is 29.8 Å². The number of amides is 1. The number of primary amides is 1. The van der Waals surface area contributed by atoms with E-state index in [1.165, 1.54) is 25.1 Å². The third-order valence-corrected chi connectivity index (χ3v) is 5.82. The van der Waals surface area contributed by atoms with Gasteiger partial charge in [0.15, 0.2) is 0 Å². The molecule has 1 saturated carbocycles. The van der Waals surface area contributed by atoms with Crippen molar-refractivity contribution in [1.82, 2.24) is 0 Å². The van der Waals surface area contributed by atoms with Crippen molar-refractivity contribution in [3.8, 4) is 11.1 Å². The van der Waals surface area contributed by atoms with Gasteiger partial charge in [-0.15, -0.1) is 0 Å². The maximum atomic E-state index is 14.4. The van der Waals surface area contributed by atoms with Crippen LogP contribution in [-0.2, 0) is 9.59 Å². The molecule has 4 rings (SSSR count). The van der Waals surface area contributed by atoms with Gasteiger partial charge < -0.3 is 5.73 Å². The highest BCUT2D eigenvalue weighted by atomic mass is 19.1. The van der Waals surface area contributed by atoms with Crippen LogP contribution in [0.2, 0.25) is 0 Å². The van der Waals surface area contributed by atoms with Crippen LogP contribution in [0.3, 0.4) is 0 Å². The molecule has 4 nitrogen and oxygen atoms in total. The molecular weight excluding hydrogens is 350 g/mol. The van der Waals surface area contributed by atoms with Crippen LogP contribution >= 0.6 is 0 Å². The average molecular weight is 368 g/mol. The van der Waals surface area contributed by atoms with Gasteiger partial charge in [0, 0.05) is 18.1 Å². The number of halogens is 2. The van der Waals surface area contributed by atoms with E-state index in [4.69, 9.17) is 5.73 Å². The van der Waals surface area contributed by atoms with Crippen molar-refractivity contribution in [3.05, 3.63) is 53.6 Å². The number of carbonyl (C=O) groups is 2. The lowest BCUT2D eigenvalue weighted by molar-refractivity contribution is -0.139. The number of nitrogens with two attached hydrogens (primary N) is 1. The van der Waals surface area contributed by atoms with Gasteiger partial charge >= 0.3 is 0 Å². The molecule has 0 spiro atoms. The van der Waals surface area contributed by atoms with Crippen LogP contribution in [0.5, 0.6) is 0 Å². The largest absolute Gasteiger partial charge is 0.369 e. The van der Waals surface area contributed by atoms with Gasteiger partial charge in [-0.3, -0.25) is 14.6 Å². The predicted octanol–water partition coefficient (Wildman–Crippen LogP) is 4.05. The van der Waals surface area contributed by atoms with Crippen molar-refractivity contribution < 1.29 is 18.4 Å². The molecule has 0 saturated heterocycles. The van der Waals surface area contributed by atoms with Gasteiger partial charge in [0.2, 0.25) is 5.91 Å². The zero-order valence-corrected chi connectivity index (χ0v) is 14.8. The van der Waals surface area contributed by atoms with Gasteiger partial charge in [-0.1, -0.05) is 18.2 Å². The molecule has 2 atom stereocenters. The number of nitrogens with zero attached hydrogens (tertiary/aromatic N) is 1. The summed E-state index contributed by atoms with van der Waals surface area (Å²) in [6.45, 7) is 1.37. The molecule has 27 heavy (non-hydrogen) atoms. The van der Waals surface area contributed by atoms with Crippen LogP contribution in [0.15, 0.2) is 41.4 Å². The molecule has 1 aliphatic heterocycles. The number of benzene rings is 2. The number of ketones is 1. The highest BCUT2D eigenvalue weighted by molar-refractivity contribution is 6.12. The van der Waals surface area contributed by atoms with Gasteiger partial charge in [0.25, 0.3) is 0 Å². The molecule has 0 aromatic heterocycles. The van der Waals surface area contributed by atoms with Crippen LogP contribution in [0, 0.1) is 17.0 Å². The van der Waals surface area contributed by atoms with E-state index in [0.717, 1.165) is 5.56 Å². The molecule has 2 aromatic carbocycles. The summed E-state index contributed by atoms with van der Waals surface area (Å²) in [7, 11) is 0. The molecule has 0 bridgehead atoms. The highest BCUT2D eigenvalue weighted by Gasteiger charge is 2.49. The first kappa shape index (κ1) is 17.5. The lowest BCUT2D eigenvalue weighted by atomic mass is 9.65. The second-order valence-corrected chi connectivity index (χ2v) is 7.21. The fourth-order valence-electron chi connectivity index (χ4n) is 4.34. The Kier molecular flexibility index (Phi) is 3.94. The Morgan fingerprint density at radius 2 is 1.81 bits per heavy atom. The first-order valence-electron chi connectivity index (χ1n) is 8.81. The van der Waals surface area contributed by atoms with E-state index in [2.05, 4.69) is 4.99 Å². The summed E-state index contributed by atoms with van der Waals surface area (Å²) >= 11 is 0. The van der Waals surface area contributed by atoms with E-state index in [-0.39, 0.29) is 23.7 Å². The molecule has 2 aliphatic rings. The smallest absolute Gasteiger partial charge is 0.231 e. The summed E-state index contributed by atoms with van der Waals surface area (Å²) in [6.07, 6.45) is 0.923. The van der Waals surface area contributed by atoms with Crippen molar-refractivity contribution in [1.29, 1.82) is 0 Å². The fourth-order valence-corrected chi connectivity index (χ4v) is 4.34. The molecule has 1 heterocycles. The monoisotopic (exact) mass is 368 g/mol. The Morgan fingerprint density at radius 1 is 1.15 bits per heavy atom. The molecule has 138 valence electrons. The maximum absolute atomic E-state index is 14.4. The Bertz CT molecular complexity index is 979. The minimum atomic E-state index is -1.25. The summed E-state index contributed by atoms with van der Waals surface area (Å²) in [5.74, 6) is -2.37. The Labute approximate surface area is 155 Å². The normalized spacial score (nSPS) is 23.4. The van der Waals surface area contributed by atoms with Crippen molar-refractivity contribution in [2.24, 2.45) is 16.1 Å². The molecule has 2 N–H and O–H groups in total. The third-order valence-electron chi connectivity index (χ3n) is 5.82. The molecule has 0 radical (unpaired) electrons. The average Bonchev–Trinajstić information content (AvgIpc) is 2.99. The van der Waals surface area contributed by atoms with Crippen LogP contribution in [-0.4, -0.2) is 17.4 Å². The van der Waals surface area contributed by atoms with Crippen molar-refractivity contribution in [2.75, 3.05) is 0 Å². The number of Topliss-reactive ketones (excluding diaryl/α,β-unsaturated/α-hetero) is 1. The Morgan fingerprint density at radius 3 is 2.44 bits per heavy atom. The van der Waals surface area contributed by atoms with Gasteiger partial charge in [0.1, 0.15) is 22.8 Å². The topological polar surface area (TPSA) is 72.5 Å². The molecule has 1 amide bonds. The van der Waals surface area contributed by atoms with Crippen molar-refractivity contribution in [2.45, 2.75) is 32.1 Å². The van der Waals surface area contributed by atoms with E-state index in [1.54, 1.807) is 18.2 Å². The van der Waals surface area contributed by atoms with Crippen LogP contribution in [0.4, 0.5) is 14.5 Å². The summed E-state index contributed by atoms with van der Waals surface area (Å²) in [5, 5.41) is 0. The van der Waals surface area contributed by atoms with E-state index < -0.39 is 23.0 Å². The number of rotatable bonds is 3. The lowest BCUT2D eigenvalue weighted by Crippen LogP contribution is -2.47. The standard InChI is InChI=1S/C21H18F2N2O2/c1-11(26)21(20(24)27)9-8-12-17(10-21)25-16-7-2-4-13(18(12)16)19-14(22)5-3-6-15(19)23/h2-7,12H,8-10H2,1H3,(H2,24,27). The minimum Gasteiger partial charge on any atom is -0.369 e. The number of aliphatic imine (C=N–C) groups is 1. The molecular formula is C21H18F2N2O2. The van der Waals surface area contributed by atoms with E-state index >= 15 is 0 Å². The molecule has 2 unspecified atom stereocenters. The Hall–Kier alpha value is -2.89. The molecule has 1 aliphatic carbocycles. The fraction of sp³-hybridized carbons (Fsp3) is 0.286. The zero-order chi connectivity index (χ0) is 19.3. The second kappa shape index (κ2) is 6.08. The first-order chi connectivity index (χ1) is 12.8. The highest BCUT2D eigenvalue weighted by Crippen LogP contribution is 2.51. The number of hydrogen-bond donors (Lipinski definition) is 1. The summed E-state index contributed by atoms with van der Waals surface area (Å²) in [5.41, 5.74) is 6.72. The van der Waals surface area contributed by atoms with E-state index in [1.807, 2.05) is 0 Å². The van der Waals surface area contributed by atoms with Gasteiger partial charge in [-0.05, 0) is 49.1 Å².